The summed E-state index contributed by atoms with van der Waals surface area (Å²) in [7, 11) is -2.50. The van der Waals surface area contributed by atoms with Crippen molar-refractivity contribution in [1.29, 1.82) is 0 Å². The molecule has 1 heterocycles. The molecular formula is C18H16BrN3O3S. The molecule has 6 nitrogen and oxygen atoms in total. The van der Waals surface area contributed by atoms with Gasteiger partial charge in [-0.25, -0.2) is 18.4 Å². The summed E-state index contributed by atoms with van der Waals surface area (Å²) >= 11 is 3.18. The van der Waals surface area contributed by atoms with Crippen molar-refractivity contribution in [2.24, 2.45) is 0 Å². The molecule has 26 heavy (non-hydrogen) atoms. The van der Waals surface area contributed by atoms with Crippen LogP contribution in [0.1, 0.15) is 5.56 Å². The van der Waals surface area contributed by atoms with Gasteiger partial charge in [-0.15, -0.1) is 0 Å². The van der Waals surface area contributed by atoms with Crippen molar-refractivity contribution in [1.82, 2.24) is 9.97 Å². The van der Waals surface area contributed by atoms with Gasteiger partial charge in [0.05, 0.1) is 18.2 Å². The Balaban J connectivity index is 2.05. The maximum Gasteiger partial charge on any atom is 0.263 e. The number of methoxy groups -OCH3 is 1. The molecule has 3 rings (SSSR count). The molecule has 0 radical (unpaired) electrons. The van der Waals surface area contributed by atoms with Gasteiger partial charge in [0.15, 0.2) is 0 Å². The van der Waals surface area contributed by atoms with Crippen molar-refractivity contribution < 1.29 is 13.2 Å². The van der Waals surface area contributed by atoms with Crippen LogP contribution in [0.2, 0.25) is 0 Å². The average Bonchev–Trinajstić information content (AvgIpc) is 2.63. The predicted octanol–water partition coefficient (Wildman–Crippen LogP) is 4.02. The second kappa shape index (κ2) is 7.43. The number of nitrogens with zero attached hydrogens (tertiary/aromatic N) is 2. The van der Waals surface area contributed by atoms with Crippen LogP contribution >= 0.6 is 15.9 Å². The minimum atomic E-state index is -3.90. The summed E-state index contributed by atoms with van der Waals surface area (Å²) in [5, 5.41) is 0. The molecule has 0 spiro atoms. The molecule has 0 bridgehead atoms. The standard InChI is InChI=1S/C18H16BrN3O3S/c1-12-7-9-13(10-8-12)14-5-3-4-6-15(14)26(23,24)22-17-18(25-2)21-16(19)11-20-17/h3-11H,1-2H3,(H,20,22). The number of hydrogen-bond donors (Lipinski definition) is 1. The number of anilines is 1. The zero-order chi connectivity index (χ0) is 18.7. The maximum atomic E-state index is 13.0. The fourth-order valence-electron chi connectivity index (χ4n) is 2.42. The third-order valence-corrected chi connectivity index (χ3v) is 5.45. The first kappa shape index (κ1) is 18.3. The Morgan fingerprint density at radius 2 is 1.77 bits per heavy atom. The van der Waals surface area contributed by atoms with Gasteiger partial charge in [0.25, 0.3) is 15.9 Å². The van der Waals surface area contributed by atoms with E-state index in [9.17, 15) is 8.42 Å². The minimum absolute atomic E-state index is 0.0226. The van der Waals surface area contributed by atoms with Crippen LogP contribution in [0.15, 0.2) is 64.2 Å². The molecule has 0 saturated carbocycles. The Kier molecular flexibility index (Phi) is 5.24. The van der Waals surface area contributed by atoms with Crippen molar-refractivity contribution in [2.45, 2.75) is 11.8 Å². The SMILES string of the molecule is COc1nc(Br)cnc1NS(=O)(=O)c1ccccc1-c1ccc(C)cc1. The van der Waals surface area contributed by atoms with Gasteiger partial charge in [-0.1, -0.05) is 48.0 Å². The Hall–Kier alpha value is -2.45. The zero-order valence-electron chi connectivity index (χ0n) is 14.1. The van der Waals surface area contributed by atoms with Gasteiger partial charge < -0.3 is 4.74 Å². The van der Waals surface area contributed by atoms with Gasteiger partial charge in [-0.2, -0.15) is 0 Å². The van der Waals surface area contributed by atoms with E-state index in [1.165, 1.54) is 13.3 Å². The van der Waals surface area contributed by atoms with E-state index < -0.39 is 10.0 Å². The summed E-state index contributed by atoms with van der Waals surface area (Å²) in [4.78, 5) is 8.26. The van der Waals surface area contributed by atoms with Crippen LogP contribution in [0.25, 0.3) is 11.1 Å². The number of aryl methyl sites for hydroxylation is 1. The fourth-order valence-corrected chi connectivity index (χ4v) is 3.92. The minimum Gasteiger partial charge on any atom is -0.478 e. The van der Waals surface area contributed by atoms with Gasteiger partial charge in [0.2, 0.25) is 5.82 Å². The smallest absolute Gasteiger partial charge is 0.263 e. The topological polar surface area (TPSA) is 81.2 Å². The number of aromatic nitrogens is 2. The van der Waals surface area contributed by atoms with E-state index in [0.717, 1.165) is 11.1 Å². The summed E-state index contributed by atoms with van der Waals surface area (Å²) in [6, 6.07) is 14.5. The third kappa shape index (κ3) is 3.86. The quantitative estimate of drug-likeness (QED) is 0.656. The molecule has 0 amide bonds. The summed E-state index contributed by atoms with van der Waals surface area (Å²) in [5.74, 6) is 0.102. The first-order chi connectivity index (χ1) is 12.4. The van der Waals surface area contributed by atoms with Crippen LogP contribution in [-0.4, -0.2) is 25.5 Å². The monoisotopic (exact) mass is 433 g/mol. The lowest BCUT2D eigenvalue weighted by Crippen LogP contribution is -2.16. The number of rotatable bonds is 5. The molecule has 8 heteroatoms. The van der Waals surface area contributed by atoms with Crippen LogP contribution in [0.4, 0.5) is 5.82 Å². The molecule has 0 unspecified atom stereocenters. The van der Waals surface area contributed by atoms with E-state index in [2.05, 4.69) is 30.6 Å². The molecule has 0 saturated heterocycles. The van der Waals surface area contributed by atoms with Crippen molar-refractivity contribution in [3.05, 3.63) is 64.9 Å². The highest BCUT2D eigenvalue weighted by atomic mass is 79.9. The molecule has 2 aromatic carbocycles. The van der Waals surface area contributed by atoms with Gasteiger partial charge in [-0.3, -0.25) is 4.72 Å². The van der Waals surface area contributed by atoms with Crippen LogP contribution in [0, 0.1) is 6.92 Å². The van der Waals surface area contributed by atoms with Crippen molar-refractivity contribution in [3.8, 4) is 17.0 Å². The molecule has 1 N–H and O–H groups in total. The number of benzene rings is 2. The molecule has 0 aliphatic carbocycles. The first-order valence-electron chi connectivity index (χ1n) is 7.66. The maximum absolute atomic E-state index is 13.0. The van der Waals surface area contributed by atoms with E-state index in [0.29, 0.717) is 10.2 Å². The molecule has 134 valence electrons. The van der Waals surface area contributed by atoms with E-state index >= 15 is 0 Å². The van der Waals surface area contributed by atoms with Gasteiger partial charge >= 0.3 is 0 Å². The van der Waals surface area contributed by atoms with Crippen molar-refractivity contribution in [2.75, 3.05) is 11.8 Å². The molecule has 1 aromatic heterocycles. The van der Waals surface area contributed by atoms with Crippen LogP contribution in [0.5, 0.6) is 5.88 Å². The Bertz CT molecular complexity index is 1040. The number of nitrogens with one attached hydrogen (secondary N) is 1. The summed E-state index contributed by atoms with van der Waals surface area (Å²) in [6.45, 7) is 1.98. The highest BCUT2D eigenvalue weighted by Crippen LogP contribution is 2.30. The highest BCUT2D eigenvalue weighted by Gasteiger charge is 2.22. The first-order valence-corrected chi connectivity index (χ1v) is 9.94. The van der Waals surface area contributed by atoms with Crippen molar-refractivity contribution >= 4 is 31.8 Å². The summed E-state index contributed by atoms with van der Waals surface area (Å²) < 4.78 is 33.9. The Labute approximate surface area is 160 Å². The zero-order valence-corrected chi connectivity index (χ0v) is 16.5. The van der Waals surface area contributed by atoms with Crippen LogP contribution in [0.3, 0.4) is 0 Å². The summed E-state index contributed by atoms with van der Waals surface area (Å²) in [5.41, 5.74) is 2.51. The molecular weight excluding hydrogens is 418 g/mol. The van der Waals surface area contributed by atoms with E-state index in [1.807, 2.05) is 31.2 Å². The Morgan fingerprint density at radius 1 is 1.08 bits per heavy atom. The lowest BCUT2D eigenvalue weighted by molar-refractivity contribution is 0.397. The van der Waals surface area contributed by atoms with Gasteiger partial charge in [0, 0.05) is 5.56 Å². The number of halogens is 1. The molecule has 0 aliphatic heterocycles. The van der Waals surface area contributed by atoms with Crippen molar-refractivity contribution in [3.63, 3.8) is 0 Å². The van der Waals surface area contributed by atoms with Gasteiger partial charge in [-0.05, 0) is 34.5 Å². The highest BCUT2D eigenvalue weighted by molar-refractivity contribution is 9.10. The second-order valence-corrected chi connectivity index (χ2v) is 7.98. The lowest BCUT2D eigenvalue weighted by atomic mass is 10.0. The predicted molar refractivity (Wildman–Crippen MR) is 104 cm³/mol. The molecule has 0 aliphatic rings. The number of sulfonamides is 1. The van der Waals surface area contributed by atoms with Crippen LogP contribution < -0.4 is 9.46 Å². The normalized spacial score (nSPS) is 11.2. The number of hydrogen-bond acceptors (Lipinski definition) is 5. The second-order valence-electron chi connectivity index (χ2n) is 5.52. The van der Waals surface area contributed by atoms with Crippen LogP contribution in [-0.2, 0) is 10.0 Å². The fraction of sp³-hybridized carbons (Fsp3) is 0.111. The van der Waals surface area contributed by atoms with E-state index in [4.69, 9.17) is 4.74 Å². The largest absolute Gasteiger partial charge is 0.478 e. The third-order valence-electron chi connectivity index (χ3n) is 3.67. The molecule has 0 fully saturated rings. The molecule has 3 aromatic rings. The molecule has 0 atom stereocenters. The number of ether oxygens (including phenoxy) is 1. The summed E-state index contributed by atoms with van der Waals surface area (Å²) in [6.07, 6.45) is 1.40. The van der Waals surface area contributed by atoms with E-state index in [1.54, 1.807) is 24.3 Å². The average molecular weight is 434 g/mol. The van der Waals surface area contributed by atoms with E-state index in [-0.39, 0.29) is 16.6 Å². The lowest BCUT2D eigenvalue weighted by Gasteiger charge is -2.13. The Morgan fingerprint density at radius 3 is 2.46 bits per heavy atom. The van der Waals surface area contributed by atoms with Gasteiger partial charge in [0.1, 0.15) is 4.60 Å².